The first-order valence-corrected chi connectivity index (χ1v) is 9.33. The molecule has 1 amide bonds. The summed E-state index contributed by atoms with van der Waals surface area (Å²) in [7, 11) is 0. The van der Waals surface area contributed by atoms with Crippen molar-refractivity contribution in [3.8, 4) is 0 Å². The van der Waals surface area contributed by atoms with Crippen LogP contribution in [-0.2, 0) is 17.6 Å². The second kappa shape index (κ2) is 7.75. The first kappa shape index (κ1) is 16.2. The van der Waals surface area contributed by atoms with Crippen LogP contribution in [0.1, 0.15) is 35.4 Å². The van der Waals surface area contributed by atoms with E-state index in [9.17, 15) is 4.79 Å². The van der Waals surface area contributed by atoms with Crippen LogP contribution in [-0.4, -0.2) is 25.5 Å². The van der Waals surface area contributed by atoms with Crippen molar-refractivity contribution >= 4 is 17.2 Å². The Morgan fingerprint density at radius 2 is 2.13 bits per heavy atom. The van der Waals surface area contributed by atoms with E-state index in [1.54, 1.807) is 0 Å². The van der Waals surface area contributed by atoms with Gasteiger partial charge in [0.1, 0.15) is 6.04 Å². The van der Waals surface area contributed by atoms with Crippen LogP contribution in [0.3, 0.4) is 0 Å². The van der Waals surface area contributed by atoms with Gasteiger partial charge in [0, 0.05) is 23.4 Å². The van der Waals surface area contributed by atoms with Crippen LogP contribution in [0.2, 0.25) is 0 Å². The zero-order valence-corrected chi connectivity index (χ0v) is 14.5. The maximum Gasteiger partial charge on any atom is 0.275 e. The van der Waals surface area contributed by atoms with Gasteiger partial charge in [0.2, 0.25) is 0 Å². The topological polar surface area (TPSA) is 33.5 Å². The fourth-order valence-electron chi connectivity index (χ4n) is 3.33. The largest absolute Gasteiger partial charge is 0.351 e. The van der Waals surface area contributed by atoms with Crippen molar-refractivity contribution < 1.29 is 9.69 Å². The van der Waals surface area contributed by atoms with E-state index in [2.05, 4.69) is 48.0 Å². The molecule has 1 aromatic carbocycles. The van der Waals surface area contributed by atoms with Gasteiger partial charge >= 0.3 is 0 Å². The molecule has 2 heterocycles. The lowest BCUT2D eigenvalue weighted by molar-refractivity contribution is -0.924. The van der Waals surface area contributed by atoms with Gasteiger partial charge in [-0.15, -0.1) is 11.3 Å². The molecule has 0 aliphatic carbocycles. The molecule has 3 rings (SSSR count). The van der Waals surface area contributed by atoms with Gasteiger partial charge in [-0.05, 0) is 36.8 Å². The molecule has 4 heteroatoms. The Hall–Kier alpha value is -1.65. The van der Waals surface area contributed by atoms with Crippen LogP contribution < -0.4 is 10.2 Å². The van der Waals surface area contributed by atoms with E-state index in [-0.39, 0.29) is 5.91 Å². The summed E-state index contributed by atoms with van der Waals surface area (Å²) in [5, 5.41) is 5.26. The Bertz CT molecular complexity index is 638. The lowest BCUT2D eigenvalue weighted by Crippen LogP contribution is -3.14. The molecule has 3 nitrogen and oxygen atoms in total. The molecule has 2 aromatic rings. The number of carbonyl (C=O) groups is 1. The smallest absolute Gasteiger partial charge is 0.275 e. The molecule has 0 bridgehead atoms. The zero-order chi connectivity index (χ0) is 16.1. The van der Waals surface area contributed by atoms with Crippen LogP contribution in [0.15, 0.2) is 41.8 Å². The molecule has 1 aliphatic rings. The summed E-state index contributed by atoms with van der Waals surface area (Å²) < 4.78 is 0. The molecule has 0 radical (unpaired) electrons. The molecular weight excluding hydrogens is 304 g/mol. The summed E-state index contributed by atoms with van der Waals surface area (Å²) in [6.45, 7) is 4.65. The monoisotopic (exact) mass is 329 g/mol. The Morgan fingerprint density at radius 3 is 2.96 bits per heavy atom. The standard InChI is InChI=1S/C19H24N2OS/c1-15-17-10-13-23-18(17)9-12-21(15)14-19(22)20-11-5-8-16-6-3-2-4-7-16/h2-4,6-7,10,13,15H,5,8-9,11-12,14H2,1H3,(H,20,22)/p+1/t15-/m0/s1. The van der Waals surface area contributed by atoms with Crippen molar-refractivity contribution in [3.05, 3.63) is 57.8 Å². The molecule has 0 spiro atoms. The first-order valence-electron chi connectivity index (χ1n) is 8.45. The number of rotatable bonds is 6. The highest BCUT2D eigenvalue weighted by Crippen LogP contribution is 2.24. The van der Waals surface area contributed by atoms with Crippen molar-refractivity contribution in [3.63, 3.8) is 0 Å². The number of quaternary nitrogens is 1. The van der Waals surface area contributed by atoms with Crippen LogP contribution in [0.25, 0.3) is 0 Å². The van der Waals surface area contributed by atoms with Crippen molar-refractivity contribution in [1.29, 1.82) is 0 Å². The molecule has 2 atom stereocenters. The highest BCUT2D eigenvalue weighted by Gasteiger charge is 2.29. The summed E-state index contributed by atoms with van der Waals surface area (Å²) in [5.74, 6) is 0.179. The third-order valence-electron chi connectivity index (χ3n) is 4.73. The molecule has 0 saturated heterocycles. The first-order chi connectivity index (χ1) is 11.2. The fourth-order valence-corrected chi connectivity index (χ4v) is 4.30. The molecule has 1 aromatic heterocycles. The number of hydrogen-bond acceptors (Lipinski definition) is 2. The van der Waals surface area contributed by atoms with E-state index >= 15 is 0 Å². The van der Waals surface area contributed by atoms with Gasteiger partial charge in [-0.3, -0.25) is 4.79 Å². The summed E-state index contributed by atoms with van der Waals surface area (Å²) >= 11 is 1.85. The Kier molecular flexibility index (Phi) is 5.47. The van der Waals surface area contributed by atoms with E-state index in [1.807, 2.05) is 17.4 Å². The Balaban J connectivity index is 1.40. The number of carbonyl (C=O) groups excluding carboxylic acids is 1. The minimum absolute atomic E-state index is 0.179. The molecular formula is C19H25N2OS+. The van der Waals surface area contributed by atoms with Crippen molar-refractivity contribution in [2.75, 3.05) is 19.6 Å². The maximum absolute atomic E-state index is 12.2. The third kappa shape index (κ3) is 4.21. The molecule has 1 unspecified atom stereocenters. The van der Waals surface area contributed by atoms with Crippen LogP contribution >= 0.6 is 11.3 Å². The molecule has 2 N–H and O–H groups in total. The summed E-state index contributed by atoms with van der Waals surface area (Å²) in [5.41, 5.74) is 2.77. The van der Waals surface area contributed by atoms with E-state index in [1.165, 1.54) is 20.9 Å². The minimum Gasteiger partial charge on any atom is -0.351 e. The average molecular weight is 329 g/mol. The predicted molar refractivity (Wildman–Crippen MR) is 94.9 cm³/mol. The quantitative estimate of drug-likeness (QED) is 0.781. The summed E-state index contributed by atoms with van der Waals surface area (Å²) in [6.07, 6.45) is 3.12. The Labute approximate surface area is 142 Å². The minimum atomic E-state index is 0.179. The number of aryl methyl sites for hydroxylation is 1. The van der Waals surface area contributed by atoms with Gasteiger partial charge in [0.05, 0.1) is 6.54 Å². The number of benzene rings is 1. The molecule has 122 valence electrons. The number of thiophene rings is 1. The van der Waals surface area contributed by atoms with Crippen molar-refractivity contribution in [2.24, 2.45) is 0 Å². The van der Waals surface area contributed by atoms with Crippen molar-refractivity contribution in [2.45, 2.75) is 32.2 Å². The Morgan fingerprint density at radius 1 is 1.30 bits per heavy atom. The second-order valence-electron chi connectivity index (χ2n) is 6.29. The normalized spacial score (nSPS) is 20.0. The SMILES string of the molecule is C[C@H]1c2ccsc2CC[NH+]1CC(=O)NCCCc1ccccc1. The zero-order valence-electron chi connectivity index (χ0n) is 13.7. The molecule has 1 aliphatic heterocycles. The van der Waals surface area contributed by atoms with Gasteiger partial charge in [-0.1, -0.05) is 30.3 Å². The summed E-state index contributed by atoms with van der Waals surface area (Å²) in [4.78, 5) is 15.1. The van der Waals surface area contributed by atoms with E-state index in [0.29, 0.717) is 12.6 Å². The van der Waals surface area contributed by atoms with Crippen LogP contribution in [0.5, 0.6) is 0 Å². The van der Waals surface area contributed by atoms with Gasteiger partial charge in [-0.2, -0.15) is 0 Å². The number of nitrogens with one attached hydrogen (secondary N) is 2. The van der Waals surface area contributed by atoms with E-state index in [0.717, 1.165) is 32.4 Å². The number of amides is 1. The van der Waals surface area contributed by atoms with Crippen LogP contribution in [0.4, 0.5) is 0 Å². The lowest BCUT2D eigenvalue weighted by Gasteiger charge is -2.29. The van der Waals surface area contributed by atoms with Crippen LogP contribution in [0, 0.1) is 0 Å². The van der Waals surface area contributed by atoms with Gasteiger partial charge in [-0.25, -0.2) is 0 Å². The number of hydrogen-bond donors (Lipinski definition) is 2. The van der Waals surface area contributed by atoms with Gasteiger partial charge < -0.3 is 10.2 Å². The third-order valence-corrected chi connectivity index (χ3v) is 5.72. The van der Waals surface area contributed by atoms with E-state index in [4.69, 9.17) is 0 Å². The highest BCUT2D eigenvalue weighted by atomic mass is 32.1. The van der Waals surface area contributed by atoms with Gasteiger partial charge in [0.25, 0.3) is 5.91 Å². The predicted octanol–water partition coefficient (Wildman–Crippen LogP) is 2.00. The maximum atomic E-state index is 12.2. The van der Waals surface area contributed by atoms with E-state index < -0.39 is 0 Å². The molecule has 0 saturated carbocycles. The summed E-state index contributed by atoms with van der Waals surface area (Å²) in [6, 6.07) is 13.1. The van der Waals surface area contributed by atoms with Crippen molar-refractivity contribution in [1.82, 2.24) is 5.32 Å². The second-order valence-corrected chi connectivity index (χ2v) is 7.30. The highest BCUT2D eigenvalue weighted by molar-refractivity contribution is 7.10. The fraction of sp³-hybridized carbons (Fsp3) is 0.421. The molecule has 23 heavy (non-hydrogen) atoms. The molecule has 0 fully saturated rings. The average Bonchev–Trinajstić information content (AvgIpc) is 3.05. The lowest BCUT2D eigenvalue weighted by atomic mass is 10.0. The number of fused-ring (bicyclic) bond motifs is 1. The van der Waals surface area contributed by atoms with Gasteiger partial charge in [0.15, 0.2) is 6.54 Å².